The molecule has 0 spiro atoms. The van der Waals surface area contributed by atoms with E-state index in [4.69, 9.17) is 18.9 Å². The number of phenolic OH excluding ortho intramolecular Hbond substituents is 1. The highest BCUT2D eigenvalue weighted by molar-refractivity contribution is 6.11. The molecule has 0 heterocycles. The van der Waals surface area contributed by atoms with Gasteiger partial charge in [0.05, 0.1) is 43.1 Å². The van der Waals surface area contributed by atoms with Crippen LogP contribution < -0.4 is 0 Å². The van der Waals surface area contributed by atoms with E-state index in [1.807, 2.05) is 12.1 Å². The van der Waals surface area contributed by atoms with Gasteiger partial charge in [-0.05, 0) is 55.0 Å². The second-order valence-electron chi connectivity index (χ2n) is 23.6. The van der Waals surface area contributed by atoms with Gasteiger partial charge < -0.3 is 24.1 Å². The standard InChI is InChI=1S/C64H106O9.C12H10/c1-5-9-13-17-21-25-29-33-37-41-50-70-61(66)56-47-45-46-54(58(56)63(68)72-52-43-39-35-31-27-23-19-15-11-7-3)55-48-49-57(62(67)71-51-42-38-34-30-26-22-18-14-10-6-2)59(60(55)65)64(69)73-53-44-40-36-32-28-24-20-16-12-8-4;1-3-7-11(8-4-1)12-9-5-2-6-10-12/h45-49,65H,5-44,50-53H2,1-4H3;1-10H. The van der Waals surface area contributed by atoms with Gasteiger partial charge in [-0.15, -0.1) is 0 Å². The molecule has 9 nitrogen and oxygen atoms in total. The van der Waals surface area contributed by atoms with Crippen molar-refractivity contribution >= 4 is 23.9 Å². The number of aromatic hydroxyl groups is 1. The van der Waals surface area contributed by atoms with E-state index in [1.165, 1.54) is 177 Å². The number of phenols is 1. The first-order valence-electron chi connectivity index (χ1n) is 34.6. The molecule has 0 radical (unpaired) electrons. The van der Waals surface area contributed by atoms with E-state index in [0.717, 1.165) is 77.0 Å². The maximum Gasteiger partial charge on any atom is 0.342 e. The molecule has 9 heteroatoms. The summed E-state index contributed by atoms with van der Waals surface area (Å²) in [6, 6.07) is 28.5. The van der Waals surface area contributed by atoms with Crippen molar-refractivity contribution in [2.24, 2.45) is 0 Å². The van der Waals surface area contributed by atoms with Gasteiger partial charge in [-0.2, -0.15) is 0 Å². The number of carbonyl (C=O) groups is 4. The van der Waals surface area contributed by atoms with Crippen LogP contribution in [0, 0.1) is 0 Å². The molecular weight excluding hydrogens is 1060 g/mol. The quantitative estimate of drug-likeness (QED) is 0.0261. The Kier molecular flexibility index (Phi) is 44.0. The maximum atomic E-state index is 14.2. The minimum atomic E-state index is -0.849. The van der Waals surface area contributed by atoms with Gasteiger partial charge in [0.1, 0.15) is 11.3 Å². The van der Waals surface area contributed by atoms with Crippen LogP contribution >= 0.6 is 0 Å². The molecule has 4 aromatic carbocycles. The van der Waals surface area contributed by atoms with Gasteiger partial charge in [-0.3, -0.25) is 0 Å². The van der Waals surface area contributed by atoms with Crippen molar-refractivity contribution in [1.82, 2.24) is 0 Å². The normalized spacial score (nSPS) is 11.0. The van der Waals surface area contributed by atoms with E-state index in [9.17, 15) is 24.3 Å². The minimum Gasteiger partial charge on any atom is -0.506 e. The van der Waals surface area contributed by atoms with Crippen LogP contribution in [0.25, 0.3) is 22.3 Å². The summed E-state index contributed by atoms with van der Waals surface area (Å²) in [5, 5.41) is 12.1. The minimum absolute atomic E-state index is 0.0158. The summed E-state index contributed by atoms with van der Waals surface area (Å²) >= 11 is 0. The lowest BCUT2D eigenvalue weighted by Gasteiger charge is -2.18. The van der Waals surface area contributed by atoms with Gasteiger partial charge in [0.15, 0.2) is 0 Å². The van der Waals surface area contributed by atoms with Crippen molar-refractivity contribution in [1.29, 1.82) is 0 Å². The molecule has 0 atom stereocenters. The van der Waals surface area contributed by atoms with Crippen LogP contribution in [-0.2, 0) is 18.9 Å². The maximum absolute atomic E-state index is 14.2. The number of ether oxygens (including phenoxy) is 4. The van der Waals surface area contributed by atoms with E-state index in [2.05, 4.69) is 76.2 Å². The summed E-state index contributed by atoms with van der Waals surface area (Å²) in [6.45, 7) is 9.61. The molecule has 0 saturated heterocycles. The monoisotopic (exact) mass is 1170 g/mol. The van der Waals surface area contributed by atoms with Crippen LogP contribution in [0.3, 0.4) is 0 Å². The Balaban J connectivity index is 0.00000138. The third-order valence-corrected chi connectivity index (χ3v) is 16.2. The Morgan fingerprint density at radius 3 is 0.859 bits per heavy atom. The second kappa shape index (κ2) is 50.7. The average molecular weight is 1170 g/mol. The number of benzene rings is 4. The lowest BCUT2D eigenvalue weighted by molar-refractivity contribution is 0.0447. The van der Waals surface area contributed by atoms with Crippen molar-refractivity contribution < 1.29 is 43.2 Å². The number of hydrogen-bond donors (Lipinski definition) is 1. The zero-order valence-corrected chi connectivity index (χ0v) is 54.0. The van der Waals surface area contributed by atoms with Crippen molar-refractivity contribution in [3.8, 4) is 28.0 Å². The van der Waals surface area contributed by atoms with Crippen LogP contribution in [0.1, 0.15) is 326 Å². The summed E-state index contributed by atoms with van der Waals surface area (Å²) in [5.41, 5.74) is 2.35. The second-order valence-corrected chi connectivity index (χ2v) is 23.6. The highest BCUT2D eigenvalue weighted by atomic mass is 16.5. The van der Waals surface area contributed by atoms with E-state index in [-0.39, 0.29) is 59.8 Å². The number of carbonyl (C=O) groups excluding carboxylic acids is 4. The van der Waals surface area contributed by atoms with Crippen molar-refractivity contribution in [3.05, 3.63) is 113 Å². The Morgan fingerprint density at radius 2 is 0.541 bits per heavy atom. The molecule has 0 aliphatic carbocycles. The fourth-order valence-corrected chi connectivity index (χ4v) is 10.9. The van der Waals surface area contributed by atoms with Gasteiger partial charge in [0.2, 0.25) is 0 Å². The predicted molar refractivity (Wildman–Crippen MR) is 354 cm³/mol. The third kappa shape index (κ3) is 33.3. The molecule has 85 heavy (non-hydrogen) atoms. The van der Waals surface area contributed by atoms with Gasteiger partial charge in [0.25, 0.3) is 0 Å². The number of hydrogen-bond acceptors (Lipinski definition) is 9. The summed E-state index contributed by atoms with van der Waals surface area (Å²) in [5.74, 6) is -3.49. The zero-order chi connectivity index (χ0) is 61.1. The highest BCUT2D eigenvalue weighted by Gasteiger charge is 2.30. The van der Waals surface area contributed by atoms with Gasteiger partial charge >= 0.3 is 23.9 Å². The van der Waals surface area contributed by atoms with Crippen LogP contribution in [0.2, 0.25) is 0 Å². The highest BCUT2D eigenvalue weighted by Crippen LogP contribution is 2.39. The van der Waals surface area contributed by atoms with Crippen molar-refractivity contribution in [2.45, 2.75) is 285 Å². The van der Waals surface area contributed by atoms with Gasteiger partial charge in [-0.25, -0.2) is 19.2 Å². The molecule has 0 saturated carbocycles. The van der Waals surface area contributed by atoms with Crippen LogP contribution in [0.15, 0.2) is 91.0 Å². The first-order chi connectivity index (χ1) is 41.8. The van der Waals surface area contributed by atoms with Gasteiger partial charge in [0, 0.05) is 11.1 Å². The summed E-state index contributed by atoms with van der Waals surface area (Å²) < 4.78 is 23.2. The first kappa shape index (κ1) is 73.8. The number of esters is 4. The van der Waals surface area contributed by atoms with Crippen molar-refractivity contribution in [3.63, 3.8) is 0 Å². The van der Waals surface area contributed by atoms with Gasteiger partial charge in [-0.1, -0.05) is 332 Å². The molecule has 1 N–H and O–H groups in total. The third-order valence-electron chi connectivity index (χ3n) is 16.2. The smallest absolute Gasteiger partial charge is 0.342 e. The Bertz CT molecular complexity index is 2270. The molecule has 0 unspecified atom stereocenters. The lowest BCUT2D eigenvalue weighted by Crippen LogP contribution is -2.18. The molecular formula is C76H116O9. The van der Waals surface area contributed by atoms with Crippen LogP contribution in [-0.4, -0.2) is 55.4 Å². The molecule has 4 rings (SSSR count). The zero-order valence-electron chi connectivity index (χ0n) is 54.0. The average Bonchev–Trinajstić information content (AvgIpc) is 2.72. The molecule has 0 aliphatic heterocycles. The van der Waals surface area contributed by atoms with E-state index in [1.54, 1.807) is 18.2 Å². The number of unbranched alkanes of at least 4 members (excludes halogenated alkanes) is 36. The largest absolute Gasteiger partial charge is 0.506 e. The molecule has 0 aliphatic rings. The summed E-state index contributed by atoms with van der Waals surface area (Å²) in [4.78, 5) is 55.9. The van der Waals surface area contributed by atoms with E-state index in [0.29, 0.717) is 25.7 Å². The first-order valence-corrected chi connectivity index (χ1v) is 34.6. The fourth-order valence-electron chi connectivity index (χ4n) is 10.9. The topological polar surface area (TPSA) is 125 Å². The molecule has 4 aromatic rings. The molecule has 0 fully saturated rings. The van der Waals surface area contributed by atoms with Crippen LogP contribution in [0.5, 0.6) is 5.75 Å². The lowest BCUT2D eigenvalue weighted by atomic mass is 9.91. The SMILES string of the molecule is CCCCCCCCCCCCOC(=O)c1cccc(-c2ccc(C(=O)OCCCCCCCCCCCC)c(C(=O)OCCCCCCCCCCCC)c2O)c1C(=O)OCCCCCCCCCCCC.c1ccc(-c2ccccc2)cc1. The molecule has 0 aromatic heterocycles. The van der Waals surface area contributed by atoms with Crippen LogP contribution in [0.4, 0.5) is 0 Å². The van der Waals surface area contributed by atoms with E-state index >= 15 is 0 Å². The Hall–Kier alpha value is -5.44. The molecule has 474 valence electrons. The number of rotatable bonds is 50. The fraction of sp³-hybridized carbons (Fsp3) is 0.632. The Morgan fingerprint density at radius 1 is 0.271 bits per heavy atom. The Labute approximate surface area is 516 Å². The van der Waals surface area contributed by atoms with E-state index < -0.39 is 29.6 Å². The molecule has 0 amide bonds. The molecule has 0 bridgehead atoms. The summed E-state index contributed by atoms with van der Waals surface area (Å²) in [6.07, 6.45) is 45.5. The summed E-state index contributed by atoms with van der Waals surface area (Å²) in [7, 11) is 0. The van der Waals surface area contributed by atoms with Crippen molar-refractivity contribution in [2.75, 3.05) is 26.4 Å². The predicted octanol–water partition coefficient (Wildman–Crippen LogP) is 22.7.